The zero-order valence-electron chi connectivity index (χ0n) is 15.3. The number of piperazine rings is 1. The largest absolute Gasteiger partial charge is 0.398 e. The highest BCUT2D eigenvalue weighted by molar-refractivity contribution is 5.90. The highest BCUT2D eigenvalue weighted by atomic mass is 16.3. The summed E-state index contributed by atoms with van der Waals surface area (Å²) >= 11 is 0. The Balaban J connectivity index is 1.47. The number of hydrogen-bond acceptors (Lipinski definition) is 5. The van der Waals surface area contributed by atoms with E-state index in [9.17, 15) is 0 Å². The van der Waals surface area contributed by atoms with Crippen molar-refractivity contribution in [1.82, 2.24) is 15.1 Å². The van der Waals surface area contributed by atoms with Gasteiger partial charge in [0.1, 0.15) is 0 Å². The third kappa shape index (κ3) is 3.82. The van der Waals surface area contributed by atoms with Gasteiger partial charge in [0.05, 0.1) is 17.8 Å². The van der Waals surface area contributed by atoms with Crippen molar-refractivity contribution in [3.63, 3.8) is 0 Å². The number of aliphatic hydroxyl groups is 1. The smallest absolute Gasteiger partial charge is 0.0927 e. The Morgan fingerprint density at radius 2 is 1.89 bits per heavy atom. The van der Waals surface area contributed by atoms with Gasteiger partial charge in [-0.05, 0) is 29.8 Å². The average Bonchev–Trinajstić information content (AvgIpc) is 3.11. The normalized spacial score (nSPS) is 15.8. The van der Waals surface area contributed by atoms with Crippen LogP contribution >= 0.6 is 0 Å². The maximum Gasteiger partial charge on any atom is 0.0927 e. The van der Waals surface area contributed by atoms with Crippen molar-refractivity contribution in [3.8, 4) is 0 Å². The number of benzene rings is 2. The minimum atomic E-state index is 0.221. The fourth-order valence-corrected chi connectivity index (χ4v) is 3.56. The molecule has 0 atom stereocenters. The summed E-state index contributed by atoms with van der Waals surface area (Å²) in [7, 11) is 0. The number of nitrogens with zero attached hydrogens (tertiary/aromatic N) is 3. The maximum absolute atomic E-state index is 9.06. The molecule has 4 rings (SSSR count). The average molecular weight is 363 g/mol. The SMILES string of the molecule is Nc1cc(N2CCN(CCO)CC2)ccc1/C=C/c1n[nH]c2ccccc12. The van der Waals surface area contributed by atoms with E-state index in [2.05, 4.69) is 38.2 Å². The molecule has 1 aromatic heterocycles. The molecule has 0 aliphatic carbocycles. The first-order chi connectivity index (χ1) is 13.2. The molecule has 0 bridgehead atoms. The van der Waals surface area contributed by atoms with Crippen LogP contribution in [0, 0.1) is 0 Å². The summed E-state index contributed by atoms with van der Waals surface area (Å²) in [6.07, 6.45) is 4.01. The van der Waals surface area contributed by atoms with Crippen molar-refractivity contribution in [1.29, 1.82) is 0 Å². The molecule has 3 aromatic rings. The second-order valence-corrected chi connectivity index (χ2v) is 6.85. The monoisotopic (exact) mass is 363 g/mol. The molecule has 2 heterocycles. The van der Waals surface area contributed by atoms with E-state index < -0.39 is 0 Å². The molecule has 0 spiro atoms. The van der Waals surface area contributed by atoms with Gasteiger partial charge in [0.15, 0.2) is 0 Å². The molecule has 0 amide bonds. The summed E-state index contributed by atoms with van der Waals surface area (Å²) < 4.78 is 0. The third-order valence-electron chi connectivity index (χ3n) is 5.14. The number of anilines is 2. The molecule has 0 saturated carbocycles. The summed E-state index contributed by atoms with van der Waals surface area (Å²) in [4.78, 5) is 4.63. The quantitative estimate of drug-likeness (QED) is 0.607. The summed E-state index contributed by atoms with van der Waals surface area (Å²) in [5, 5.41) is 17.6. The van der Waals surface area contributed by atoms with Crippen LogP contribution in [-0.4, -0.2) is 59.5 Å². The molecule has 1 saturated heterocycles. The summed E-state index contributed by atoms with van der Waals surface area (Å²) in [5.74, 6) is 0. The number of nitrogens with two attached hydrogens (primary N) is 1. The minimum Gasteiger partial charge on any atom is -0.398 e. The first-order valence-corrected chi connectivity index (χ1v) is 9.33. The minimum absolute atomic E-state index is 0.221. The highest BCUT2D eigenvalue weighted by Crippen LogP contribution is 2.25. The van der Waals surface area contributed by atoms with E-state index in [-0.39, 0.29) is 6.61 Å². The van der Waals surface area contributed by atoms with Crippen molar-refractivity contribution < 1.29 is 5.11 Å². The summed E-state index contributed by atoms with van der Waals surface area (Å²) in [6, 6.07) is 14.3. The topological polar surface area (TPSA) is 81.4 Å². The first kappa shape index (κ1) is 17.6. The molecule has 6 nitrogen and oxygen atoms in total. The van der Waals surface area contributed by atoms with Gasteiger partial charge in [0, 0.05) is 49.5 Å². The van der Waals surface area contributed by atoms with Crippen LogP contribution in [0.25, 0.3) is 23.1 Å². The van der Waals surface area contributed by atoms with E-state index in [0.717, 1.165) is 66.3 Å². The van der Waals surface area contributed by atoms with E-state index in [0.29, 0.717) is 0 Å². The van der Waals surface area contributed by atoms with E-state index in [4.69, 9.17) is 10.8 Å². The number of hydrogen-bond donors (Lipinski definition) is 3. The van der Waals surface area contributed by atoms with Gasteiger partial charge < -0.3 is 15.7 Å². The number of fused-ring (bicyclic) bond motifs is 1. The van der Waals surface area contributed by atoms with Crippen molar-refractivity contribution in [2.45, 2.75) is 0 Å². The molecule has 0 unspecified atom stereocenters. The van der Waals surface area contributed by atoms with Gasteiger partial charge in [-0.1, -0.05) is 30.3 Å². The van der Waals surface area contributed by atoms with Crippen LogP contribution in [0.3, 0.4) is 0 Å². The van der Waals surface area contributed by atoms with Crippen molar-refractivity contribution >= 4 is 34.4 Å². The lowest BCUT2D eigenvalue weighted by atomic mass is 10.1. The number of H-pyrrole nitrogens is 1. The number of nitrogens with one attached hydrogen (secondary N) is 1. The van der Waals surface area contributed by atoms with E-state index >= 15 is 0 Å². The van der Waals surface area contributed by atoms with Gasteiger partial charge >= 0.3 is 0 Å². The van der Waals surface area contributed by atoms with Crippen LogP contribution in [-0.2, 0) is 0 Å². The Hall–Kier alpha value is -2.83. The summed E-state index contributed by atoms with van der Waals surface area (Å²) in [6.45, 7) is 4.81. The van der Waals surface area contributed by atoms with Crippen LogP contribution in [0.4, 0.5) is 11.4 Å². The molecule has 1 aliphatic rings. The molecule has 1 fully saturated rings. The number of aromatic nitrogens is 2. The lowest BCUT2D eigenvalue weighted by Gasteiger charge is -2.36. The number of β-amino-alcohol motifs (C(OH)–C–C–N with tert-alkyl or cyclic N) is 1. The Morgan fingerprint density at radius 3 is 2.67 bits per heavy atom. The fourth-order valence-electron chi connectivity index (χ4n) is 3.56. The molecule has 4 N–H and O–H groups in total. The number of nitrogen functional groups attached to an aromatic ring is 1. The lowest BCUT2D eigenvalue weighted by Crippen LogP contribution is -2.47. The summed E-state index contributed by atoms with van der Waals surface area (Å²) in [5.41, 5.74) is 11.2. The predicted octanol–water partition coefficient (Wildman–Crippen LogP) is 2.43. The number of rotatable bonds is 5. The molecular formula is C21H25N5O. The molecule has 1 aliphatic heterocycles. The van der Waals surface area contributed by atoms with E-state index in [1.165, 1.54) is 0 Å². The van der Waals surface area contributed by atoms with E-state index in [1.807, 2.05) is 36.4 Å². The Bertz CT molecular complexity index is 941. The third-order valence-corrected chi connectivity index (χ3v) is 5.14. The molecule has 2 aromatic carbocycles. The van der Waals surface area contributed by atoms with Crippen LogP contribution in [0.15, 0.2) is 42.5 Å². The molecule has 6 heteroatoms. The zero-order valence-corrected chi connectivity index (χ0v) is 15.3. The van der Waals surface area contributed by atoms with E-state index in [1.54, 1.807) is 0 Å². The molecule has 140 valence electrons. The van der Waals surface area contributed by atoms with Gasteiger partial charge in [-0.25, -0.2) is 0 Å². The zero-order chi connectivity index (χ0) is 18.6. The Kier molecular flexibility index (Phi) is 5.09. The van der Waals surface area contributed by atoms with Gasteiger partial charge in [-0.15, -0.1) is 0 Å². The van der Waals surface area contributed by atoms with Gasteiger partial charge in [-0.3, -0.25) is 10.00 Å². The predicted molar refractivity (Wildman–Crippen MR) is 112 cm³/mol. The standard InChI is InChI=1S/C21H25N5O/c22-19-15-17(26-11-9-25(10-12-26)13-14-27)7-5-16(19)6-8-21-18-3-1-2-4-20(18)23-24-21/h1-8,15,27H,9-14,22H2,(H,23,24)/b8-6+. The number of aromatic amines is 1. The second kappa shape index (κ2) is 7.82. The van der Waals surface area contributed by atoms with Gasteiger partial charge in [0.2, 0.25) is 0 Å². The molecule has 0 radical (unpaired) electrons. The van der Waals surface area contributed by atoms with Crippen molar-refractivity contribution in [2.24, 2.45) is 0 Å². The van der Waals surface area contributed by atoms with Crippen molar-refractivity contribution in [2.75, 3.05) is 50.0 Å². The molecular weight excluding hydrogens is 338 g/mol. The second-order valence-electron chi connectivity index (χ2n) is 6.85. The highest BCUT2D eigenvalue weighted by Gasteiger charge is 2.17. The van der Waals surface area contributed by atoms with Crippen LogP contribution < -0.4 is 10.6 Å². The number of aliphatic hydroxyl groups excluding tert-OH is 1. The van der Waals surface area contributed by atoms with Gasteiger partial charge in [0.25, 0.3) is 0 Å². The molecule has 27 heavy (non-hydrogen) atoms. The van der Waals surface area contributed by atoms with Crippen LogP contribution in [0.2, 0.25) is 0 Å². The fraction of sp³-hybridized carbons (Fsp3) is 0.286. The van der Waals surface area contributed by atoms with Crippen molar-refractivity contribution in [3.05, 3.63) is 53.7 Å². The Labute approximate surface area is 158 Å². The van der Waals surface area contributed by atoms with Crippen LogP contribution in [0.1, 0.15) is 11.3 Å². The first-order valence-electron chi connectivity index (χ1n) is 9.33. The maximum atomic E-state index is 9.06. The van der Waals surface area contributed by atoms with Gasteiger partial charge in [-0.2, -0.15) is 5.10 Å². The number of para-hydroxylation sites is 1. The van der Waals surface area contributed by atoms with Crippen LogP contribution in [0.5, 0.6) is 0 Å². The lowest BCUT2D eigenvalue weighted by molar-refractivity contribution is 0.189. The Morgan fingerprint density at radius 1 is 1.07 bits per heavy atom.